The molecule has 0 unspecified atom stereocenters. The highest BCUT2D eigenvalue weighted by Gasteiger charge is 2.11. The summed E-state index contributed by atoms with van der Waals surface area (Å²) in [6.45, 7) is 3.42. The molecule has 0 bridgehead atoms. The van der Waals surface area contributed by atoms with Gasteiger partial charge in [-0.25, -0.2) is 0 Å². The van der Waals surface area contributed by atoms with Crippen LogP contribution < -0.4 is 9.47 Å². The number of hydrogen-bond donors (Lipinski definition) is 2. The number of aliphatic hydroxyl groups is 2. The maximum atomic E-state index is 12.7. The van der Waals surface area contributed by atoms with Crippen molar-refractivity contribution in [3.63, 3.8) is 0 Å². The molecule has 2 rings (SSSR count). The van der Waals surface area contributed by atoms with Gasteiger partial charge in [-0.05, 0) is 48.5 Å². The Hall–Kier alpha value is -3.47. The molecule has 0 atom stereocenters. The number of benzene rings is 2. The first-order valence-electron chi connectivity index (χ1n) is 12.2. The van der Waals surface area contributed by atoms with Gasteiger partial charge in [0.15, 0.2) is 5.78 Å². The third-order valence-corrected chi connectivity index (χ3v) is 5.22. The SMILES string of the molecule is CCC(=O)OCCOc1ccc(C(=O)c2ccc(OCCOC(=O)CCN(CCO)CCO)cc2)cc1. The molecule has 0 aliphatic rings. The Labute approximate surface area is 216 Å². The number of carbonyl (C=O) groups excluding carboxylic acids is 3. The second-order valence-electron chi connectivity index (χ2n) is 7.91. The van der Waals surface area contributed by atoms with E-state index >= 15 is 0 Å². The average Bonchev–Trinajstić information content (AvgIpc) is 2.92. The molecule has 10 nitrogen and oxygen atoms in total. The molecular weight excluding hydrogens is 482 g/mol. The van der Waals surface area contributed by atoms with Crippen LogP contribution in [0.1, 0.15) is 35.7 Å². The monoisotopic (exact) mass is 517 g/mol. The van der Waals surface area contributed by atoms with Gasteiger partial charge in [-0.15, -0.1) is 0 Å². The molecule has 0 saturated heterocycles. The fourth-order valence-electron chi connectivity index (χ4n) is 3.24. The Morgan fingerprint density at radius 2 is 1.14 bits per heavy atom. The maximum Gasteiger partial charge on any atom is 0.307 e. The standard InChI is InChI=1S/C27H35NO9/c1-2-25(31)36-19-17-34-23-7-3-21(4-8-23)27(33)22-5-9-24(10-6-22)35-18-20-37-26(32)11-12-28(13-15-29)14-16-30/h3-10,29-30H,2,11-20H2,1H3. The highest BCUT2D eigenvalue weighted by atomic mass is 16.6. The van der Waals surface area contributed by atoms with E-state index < -0.39 is 0 Å². The highest BCUT2D eigenvalue weighted by molar-refractivity contribution is 6.09. The van der Waals surface area contributed by atoms with Gasteiger partial charge in [-0.1, -0.05) is 6.92 Å². The van der Waals surface area contributed by atoms with Crippen molar-refractivity contribution in [2.45, 2.75) is 19.8 Å². The molecule has 202 valence electrons. The molecule has 0 aromatic heterocycles. The summed E-state index contributed by atoms with van der Waals surface area (Å²) in [5.74, 6) is 0.290. The van der Waals surface area contributed by atoms with Gasteiger partial charge in [0.2, 0.25) is 0 Å². The van der Waals surface area contributed by atoms with E-state index in [4.69, 9.17) is 29.2 Å². The van der Waals surface area contributed by atoms with Gasteiger partial charge in [-0.2, -0.15) is 0 Å². The molecule has 0 aliphatic carbocycles. The van der Waals surface area contributed by atoms with Crippen LogP contribution in [0.4, 0.5) is 0 Å². The van der Waals surface area contributed by atoms with Crippen molar-refractivity contribution >= 4 is 17.7 Å². The summed E-state index contributed by atoms with van der Waals surface area (Å²) >= 11 is 0. The lowest BCUT2D eigenvalue weighted by atomic mass is 10.0. The number of aliphatic hydroxyl groups excluding tert-OH is 2. The molecule has 37 heavy (non-hydrogen) atoms. The molecule has 0 saturated carbocycles. The molecule has 10 heteroatoms. The van der Waals surface area contributed by atoms with E-state index in [2.05, 4.69) is 0 Å². The number of carbonyl (C=O) groups is 3. The first kappa shape index (κ1) is 29.8. The number of hydrogen-bond acceptors (Lipinski definition) is 10. The Balaban J connectivity index is 1.71. The van der Waals surface area contributed by atoms with E-state index in [1.54, 1.807) is 60.4 Å². The largest absolute Gasteiger partial charge is 0.490 e. The van der Waals surface area contributed by atoms with Crippen molar-refractivity contribution in [3.05, 3.63) is 59.7 Å². The summed E-state index contributed by atoms with van der Waals surface area (Å²) in [7, 11) is 0. The van der Waals surface area contributed by atoms with Crippen molar-refractivity contribution in [3.8, 4) is 11.5 Å². The lowest BCUT2D eigenvalue weighted by Crippen LogP contribution is -2.32. The van der Waals surface area contributed by atoms with Crippen molar-refractivity contribution in [2.24, 2.45) is 0 Å². The summed E-state index contributed by atoms with van der Waals surface area (Å²) in [5.41, 5.74) is 0.996. The highest BCUT2D eigenvalue weighted by Crippen LogP contribution is 2.18. The van der Waals surface area contributed by atoms with Gasteiger partial charge in [0, 0.05) is 37.2 Å². The third kappa shape index (κ3) is 11.4. The normalized spacial score (nSPS) is 10.7. The van der Waals surface area contributed by atoms with Gasteiger partial charge >= 0.3 is 11.9 Å². The minimum atomic E-state index is -0.387. The lowest BCUT2D eigenvalue weighted by Gasteiger charge is -2.19. The van der Waals surface area contributed by atoms with Crippen LogP contribution in [-0.2, 0) is 19.1 Å². The number of ether oxygens (including phenoxy) is 4. The fourth-order valence-corrected chi connectivity index (χ4v) is 3.24. The van der Waals surface area contributed by atoms with Gasteiger partial charge in [0.1, 0.15) is 37.9 Å². The van der Waals surface area contributed by atoms with E-state index in [1.807, 2.05) is 0 Å². The van der Waals surface area contributed by atoms with Gasteiger partial charge < -0.3 is 29.2 Å². The molecule has 0 fully saturated rings. The summed E-state index contributed by atoms with van der Waals surface area (Å²) in [6.07, 6.45) is 0.470. The van der Waals surface area contributed by atoms with Crippen LogP contribution >= 0.6 is 0 Å². The quantitative estimate of drug-likeness (QED) is 0.172. The number of rotatable bonds is 18. The van der Waals surface area contributed by atoms with E-state index in [-0.39, 0.29) is 63.8 Å². The van der Waals surface area contributed by atoms with Gasteiger partial charge in [0.25, 0.3) is 0 Å². The predicted octanol–water partition coefficient (Wildman–Crippen LogP) is 1.85. The van der Waals surface area contributed by atoms with E-state index in [1.165, 1.54) is 0 Å². The molecule has 2 aromatic carbocycles. The number of ketones is 1. The Morgan fingerprint density at radius 3 is 1.57 bits per heavy atom. The van der Waals surface area contributed by atoms with Gasteiger partial charge in [0.05, 0.1) is 19.6 Å². The summed E-state index contributed by atoms with van der Waals surface area (Å²) in [6, 6.07) is 13.4. The minimum Gasteiger partial charge on any atom is -0.490 e. The molecular formula is C27H35NO9. The summed E-state index contributed by atoms with van der Waals surface area (Å²) in [5, 5.41) is 18.0. The zero-order valence-electron chi connectivity index (χ0n) is 21.1. The Bertz CT molecular complexity index is 955. The first-order valence-corrected chi connectivity index (χ1v) is 12.2. The van der Waals surface area contributed by atoms with Crippen LogP contribution in [0.2, 0.25) is 0 Å². The molecule has 2 aromatic rings. The second kappa shape index (κ2) is 17.1. The number of esters is 2. The molecule has 0 spiro atoms. The molecule has 0 aliphatic heterocycles. The van der Waals surface area contributed by atoms with Crippen LogP contribution in [0.25, 0.3) is 0 Å². The molecule has 0 amide bonds. The van der Waals surface area contributed by atoms with E-state index in [0.29, 0.717) is 48.7 Å². The van der Waals surface area contributed by atoms with E-state index in [0.717, 1.165) is 0 Å². The van der Waals surface area contributed by atoms with Gasteiger partial charge in [-0.3, -0.25) is 19.3 Å². The van der Waals surface area contributed by atoms with Crippen molar-refractivity contribution < 1.29 is 43.5 Å². The van der Waals surface area contributed by atoms with Crippen LogP contribution in [-0.4, -0.2) is 92.1 Å². The Kier molecular flexibility index (Phi) is 13.7. The second-order valence-corrected chi connectivity index (χ2v) is 7.91. The minimum absolute atomic E-state index is 0.0468. The van der Waals surface area contributed by atoms with Crippen molar-refractivity contribution in [1.29, 1.82) is 0 Å². The van der Waals surface area contributed by atoms with Crippen molar-refractivity contribution in [1.82, 2.24) is 4.90 Å². The van der Waals surface area contributed by atoms with Crippen LogP contribution in [0, 0.1) is 0 Å². The zero-order valence-corrected chi connectivity index (χ0v) is 21.1. The van der Waals surface area contributed by atoms with Crippen LogP contribution in [0.5, 0.6) is 11.5 Å². The first-order chi connectivity index (χ1) is 18.0. The topological polar surface area (TPSA) is 132 Å². The average molecular weight is 518 g/mol. The summed E-state index contributed by atoms with van der Waals surface area (Å²) < 4.78 is 21.2. The summed E-state index contributed by atoms with van der Waals surface area (Å²) in [4.78, 5) is 37.5. The third-order valence-electron chi connectivity index (χ3n) is 5.22. The molecule has 0 radical (unpaired) electrons. The fraction of sp³-hybridized carbons (Fsp3) is 0.444. The Morgan fingerprint density at radius 1 is 0.676 bits per heavy atom. The van der Waals surface area contributed by atoms with Crippen LogP contribution in [0.15, 0.2) is 48.5 Å². The smallest absolute Gasteiger partial charge is 0.307 e. The van der Waals surface area contributed by atoms with Crippen LogP contribution in [0.3, 0.4) is 0 Å². The number of nitrogens with zero attached hydrogens (tertiary/aromatic N) is 1. The van der Waals surface area contributed by atoms with E-state index in [9.17, 15) is 14.4 Å². The van der Waals surface area contributed by atoms with Crippen molar-refractivity contribution in [2.75, 3.05) is 59.3 Å². The zero-order chi connectivity index (χ0) is 26.9. The molecule has 0 heterocycles. The maximum absolute atomic E-state index is 12.7. The molecule has 2 N–H and O–H groups in total. The lowest BCUT2D eigenvalue weighted by molar-refractivity contribution is -0.145. The predicted molar refractivity (Wildman–Crippen MR) is 135 cm³/mol.